The van der Waals surface area contributed by atoms with Crippen LogP contribution in [-0.4, -0.2) is 5.78 Å². The third-order valence-corrected chi connectivity index (χ3v) is 3.92. The molecule has 0 fully saturated rings. The van der Waals surface area contributed by atoms with Crippen molar-refractivity contribution >= 4 is 29.0 Å². The molecule has 1 nitrogen and oxygen atoms in total. The Bertz CT molecular complexity index is 620. The number of carbonyl (C=O) groups excluding carboxylic acids is 1. The first-order valence-electron chi connectivity index (χ1n) is 6.56. The fourth-order valence-corrected chi connectivity index (χ4v) is 2.61. The van der Waals surface area contributed by atoms with Crippen molar-refractivity contribution < 1.29 is 4.79 Å². The number of rotatable bonds is 5. The Morgan fingerprint density at radius 2 is 1.80 bits per heavy atom. The van der Waals surface area contributed by atoms with Gasteiger partial charge in [0.15, 0.2) is 0 Å². The Hall–Kier alpha value is -1.31. The predicted molar refractivity (Wildman–Crippen MR) is 84.7 cm³/mol. The molecule has 0 aliphatic heterocycles. The summed E-state index contributed by atoms with van der Waals surface area (Å²) in [6.07, 6.45) is 1.67. The number of carbonyl (C=O) groups is 1. The maximum atomic E-state index is 12.0. The van der Waals surface area contributed by atoms with E-state index >= 15 is 0 Å². The van der Waals surface area contributed by atoms with E-state index in [4.69, 9.17) is 23.2 Å². The van der Waals surface area contributed by atoms with E-state index in [-0.39, 0.29) is 5.78 Å². The molecule has 0 saturated carbocycles. The van der Waals surface area contributed by atoms with Crippen LogP contribution in [0, 0.1) is 6.92 Å². The van der Waals surface area contributed by atoms with Crippen LogP contribution < -0.4 is 0 Å². The Kier molecular flexibility index (Phi) is 5.22. The predicted octanol–water partition coefficient (Wildman–Crippen LogP) is 5.05. The van der Waals surface area contributed by atoms with Crippen LogP contribution in [0.2, 0.25) is 10.0 Å². The molecular weight excluding hydrogens is 291 g/mol. The van der Waals surface area contributed by atoms with Crippen LogP contribution in [0.25, 0.3) is 0 Å². The van der Waals surface area contributed by atoms with E-state index < -0.39 is 0 Å². The molecule has 0 aromatic heterocycles. The molecule has 3 heteroatoms. The van der Waals surface area contributed by atoms with Gasteiger partial charge in [-0.1, -0.05) is 53.5 Å². The molecule has 2 aromatic carbocycles. The van der Waals surface area contributed by atoms with Gasteiger partial charge in [-0.05, 0) is 42.2 Å². The molecule has 2 aromatic rings. The van der Waals surface area contributed by atoms with Crippen LogP contribution in [0.4, 0.5) is 0 Å². The van der Waals surface area contributed by atoms with Gasteiger partial charge in [-0.25, -0.2) is 0 Å². The van der Waals surface area contributed by atoms with Crippen molar-refractivity contribution in [3.63, 3.8) is 0 Å². The van der Waals surface area contributed by atoms with Crippen molar-refractivity contribution in [2.75, 3.05) is 0 Å². The van der Waals surface area contributed by atoms with E-state index in [2.05, 4.69) is 19.1 Å². The molecule has 0 bridgehead atoms. The first kappa shape index (κ1) is 15.1. The maximum absolute atomic E-state index is 12.0. The summed E-state index contributed by atoms with van der Waals surface area (Å²) in [5.41, 5.74) is 3.29. The van der Waals surface area contributed by atoms with Gasteiger partial charge < -0.3 is 0 Å². The smallest absolute Gasteiger partial charge is 0.137 e. The van der Waals surface area contributed by atoms with Gasteiger partial charge in [0.1, 0.15) is 5.78 Å². The zero-order valence-electron chi connectivity index (χ0n) is 11.3. The Morgan fingerprint density at radius 3 is 2.50 bits per heavy atom. The lowest BCUT2D eigenvalue weighted by Crippen LogP contribution is -2.05. The summed E-state index contributed by atoms with van der Waals surface area (Å²) in [5, 5.41) is 1.15. The summed E-state index contributed by atoms with van der Waals surface area (Å²) in [5.74, 6) is 0.192. The number of ketones is 1. The molecule has 0 spiro atoms. The summed E-state index contributed by atoms with van der Waals surface area (Å²) in [6.45, 7) is 2.07. The summed E-state index contributed by atoms with van der Waals surface area (Å²) in [7, 11) is 0. The van der Waals surface area contributed by atoms with Gasteiger partial charge in [0.2, 0.25) is 0 Å². The number of halogens is 2. The highest BCUT2D eigenvalue weighted by Gasteiger charge is 2.08. The molecule has 0 saturated heterocycles. The molecule has 104 valence electrons. The molecule has 0 aliphatic carbocycles. The number of hydrogen-bond donors (Lipinski definition) is 0. The van der Waals surface area contributed by atoms with E-state index in [1.165, 1.54) is 11.1 Å². The van der Waals surface area contributed by atoms with E-state index in [1.54, 1.807) is 12.1 Å². The second-order valence-corrected chi connectivity index (χ2v) is 5.72. The van der Waals surface area contributed by atoms with E-state index in [0.29, 0.717) is 22.9 Å². The molecule has 0 radical (unpaired) electrons. The van der Waals surface area contributed by atoms with Crippen LogP contribution in [-0.2, 0) is 17.6 Å². The molecule has 0 unspecified atom stereocenters. The zero-order valence-corrected chi connectivity index (χ0v) is 12.8. The number of benzene rings is 2. The SMILES string of the molecule is Cc1ccccc1CCC(=O)Cc1ccc(Cl)cc1Cl. The lowest BCUT2D eigenvalue weighted by Gasteiger charge is -2.06. The van der Waals surface area contributed by atoms with Gasteiger partial charge in [-0.15, -0.1) is 0 Å². The zero-order chi connectivity index (χ0) is 14.5. The van der Waals surface area contributed by atoms with Gasteiger partial charge in [0.25, 0.3) is 0 Å². The average molecular weight is 307 g/mol. The minimum atomic E-state index is 0.192. The highest BCUT2D eigenvalue weighted by molar-refractivity contribution is 6.35. The first-order chi connectivity index (χ1) is 9.56. The van der Waals surface area contributed by atoms with Crippen molar-refractivity contribution in [1.82, 2.24) is 0 Å². The van der Waals surface area contributed by atoms with Gasteiger partial charge in [0.05, 0.1) is 0 Å². The average Bonchev–Trinajstić information content (AvgIpc) is 2.41. The van der Waals surface area contributed by atoms with Crippen molar-refractivity contribution in [3.05, 3.63) is 69.2 Å². The molecule has 0 atom stereocenters. The first-order valence-corrected chi connectivity index (χ1v) is 7.32. The second kappa shape index (κ2) is 6.92. The summed E-state index contributed by atoms with van der Waals surface area (Å²) >= 11 is 11.9. The highest BCUT2D eigenvalue weighted by Crippen LogP contribution is 2.22. The molecular formula is C17H16Cl2O. The Morgan fingerprint density at radius 1 is 1.05 bits per heavy atom. The molecule has 0 amide bonds. The summed E-state index contributed by atoms with van der Waals surface area (Å²) in [6, 6.07) is 13.4. The lowest BCUT2D eigenvalue weighted by molar-refractivity contribution is -0.118. The van der Waals surface area contributed by atoms with Crippen LogP contribution in [0.15, 0.2) is 42.5 Å². The third-order valence-electron chi connectivity index (χ3n) is 3.34. The second-order valence-electron chi connectivity index (χ2n) is 4.88. The van der Waals surface area contributed by atoms with Crippen molar-refractivity contribution in [2.45, 2.75) is 26.2 Å². The largest absolute Gasteiger partial charge is 0.299 e. The van der Waals surface area contributed by atoms with Gasteiger partial charge >= 0.3 is 0 Å². The fraction of sp³-hybridized carbons (Fsp3) is 0.235. The highest BCUT2D eigenvalue weighted by atomic mass is 35.5. The standard InChI is InChI=1S/C17H16Cl2O/c1-12-4-2-3-5-13(12)7-9-16(20)10-14-6-8-15(18)11-17(14)19/h2-6,8,11H,7,9-10H2,1H3. The normalized spacial score (nSPS) is 10.6. The van der Waals surface area contributed by atoms with Crippen molar-refractivity contribution in [1.29, 1.82) is 0 Å². The Labute approximate surface area is 129 Å². The molecule has 2 rings (SSSR count). The monoisotopic (exact) mass is 306 g/mol. The van der Waals surface area contributed by atoms with E-state index in [9.17, 15) is 4.79 Å². The number of Topliss-reactive ketones (excluding diaryl/α,β-unsaturated/α-hetero) is 1. The minimum Gasteiger partial charge on any atom is -0.299 e. The van der Waals surface area contributed by atoms with Crippen LogP contribution in [0.1, 0.15) is 23.1 Å². The van der Waals surface area contributed by atoms with E-state index in [1.807, 2.05) is 18.2 Å². The van der Waals surface area contributed by atoms with Crippen LogP contribution in [0.5, 0.6) is 0 Å². The topological polar surface area (TPSA) is 17.1 Å². The molecule has 0 heterocycles. The van der Waals surface area contributed by atoms with Crippen molar-refractivity contribution in [2.24, 2.45) is 0 Å². The lowest BCUT2D eigenvalue weighted by atomic mass is 10.00. The summed E-state index contributed by atoms with van der Waals surface area (Å²) in [4.78, 5) is 12.0. The van der Waals surface area contributed by atoms with E-state index in [0.717, 1.165) is 12.0 Å². The molecule has 20 heavy (non-hydrogen) atoms. The number of hydrogen-bond acceptors (Lipinski definition) is 1. The molecule has 0 N–H and O–H groups in total. The van der Waals surface area contributed by atoms with Crippen molar-refractivity contribution in [3.8, 4) is 0 Å². The minimum absolute atomic E-state index is 0.192. The quantitative estimate of drug-likeness (QED) is 0.755. The fourth-order valence-electron chi connectivity index (χ4n) is 2.13. The Balaban J connectivity index is 1.94. The summed E-state index contributed by atoms with van der Waals surface area (Å²) < 4.78 is 0. The van der Waals surface area contributed by atoms with Gasteiger partial charge in [0, 0.05) is 22.9 Å². The van der Waals surface area contributed by atoms with Crippen LogP contribution in [0.3, 0.4) is 0 Å². The van der Waals surface area contributed by atoms with Gasteiger partial charge in [-0.3, -0.25) is 4.79 Å². The van der Waals surface area contributed by atoms with Gasteiger partial charge in [-0.2, -0.15) is 0 Å². The molecule has 0 aliphatic rings. The van der Waals surface area contributed by atoms with Crippen LogP contribution >= 0.6 is 23.2 Å². The maximum Gasteiger partial charge on any atom is 0.137 e. The third kappa shape index (κ3) is 4.09. The number of aryl methyl sites for hydroxylation is 2.